The molecule has 0 aliphatic rings. The van der Waals surface area contributed by atoms with E-state index in [0.717, 1.165) is 12.8 Å². The molecule has 2 heterocycles. The van der Waals surface area contributed by atoms with Crippen LogP contribution in [-0.4, -0.2) is 17.8 Å². The molecule has 2 rings (SSSR count). The van der Waals surface area contributed by atoms with E-state index in [1.807, 2.05) is 11.3 Å². The van der Waals surface area contributed by atoms with Gasteiger partial charge in [0.1, 0.15) is 0 Å². The van der Waals surface area contributed by atoms with E-state index in [9.17, 15) is 5.11 Å². The van der Waals surface area contributed by atoms with Gasteiger partial charge in [-0.3, -0.25) is 0 Å². The number of hydrogen-bond acceptors (Lipinski definition) is 4. The molecule has 0 saturated heterocycles. The van der Waals surface area contributed by atoms with Gasteiger partial charge in [0.05, 0.1) is 0 Å². The van der Waals surface area contributed by atoms with Crippen molar-refractivity contribution in [1.29, 1.82) is 0 Å². The largest absolute Gasteiger partial charge is 0.396 e. The molecule has 0 saturated carbocycles. The lowest BCUT2D eigenvalue weighted by molar-refractivity contribution is 0.235. The molecule has 0 aromatic carbocycles. The molecule has 20 heavy (non-hydrogen) atoms. The highest BCUT2D eigenvalue weighted by molar-refractivity contribution is 7.10. The van der Waals surface area contributed by atoms with Gasteiger partial charge >= 0.3 is 0 Å². The Morgan fingerprint density at radius 2 is 1.90 bits per heavy atom. The Bertz CT molecular complexity index is 465. The molecule has 110 valence electrons. The SMILES string of the molecule is CC(C)C(CCO)NC(Cc1cccs1)c1cccs1. The fourth-order valence-electron chi connectivity index (χ4n) is 2.37. The van der Waals surface area contributed by atoms with E-state index < -0.39 is 0 Å². The Hall–Kier alpha value is -0.680. The Morgan fingerprint density at radius 1 is 1.15 bits per heavy atom. The van der Waals surface area contributed by atoms with Gasteiger partial charge in [-0.25, -0.2) is 0 Å². The minimum Gasteiger partial charge on any atom is -0.396 e. The van der Waals surface area contributed by atoms with Crippen molar-refractivity contribution in [3.63, 3.8) is 0 Å². The monoisotopic (exact) mass is 309 g/mol. The van der Waals surface area contributed by atoms with Crippen molar-refractivity contribution in [1.82, 2.24) is 5.32 Å². The maximum atomic E-state index is 9.25. The number of aliphatic hydroxyl groups is 1. The second-order valence-electron chi connectivity index (χ2n) is 5.38. The lowest BCUT2D eigenvalue weighted by Gasteiger charge is -2.27. The minimum atomic E-state index is 0.242. The maximum absolute atomic E-state index is 9.25. The van der Waals surface area contributed by atoms with Gasteiger partial charge in [0.25, 0.3) is 0 Å². The molecule has 0 amide bonds. The molecule has 2 aromatic rings. The third kappa shape index (κ3) is 4.42. The second kappa shape index (κ2) is 7.93. The van der Waals surface area contributed by atoms with Crippen molar-refractivity contribution >= 4 is 22.7 Å². The summed E-state index contributed by atoms with van der Waals surface area (Å²) in [5, 5.41) is 17.3. The van der Waals surface area contributed by atoms with Gasteiger partial charge in [0.15, 0.2) is 0 Å². The maximum Gasteiger partial charge on any atom is 0.0465 e. The van der Waals surface area contributed by atoms with Crippen LogP contribution in [0.15, 0.2) is 35.0 Å². The van der Waals surface area contributed by atoms with Crippen molar-refractivity contribution in [2.45, 2.75) is 38.8 Å². The molecule has 0 radical (unpaired) electrons. The van der Waals surface area contributed by atoms with Crippen molar-refractivity contribution < 1.29 is 5.11 Å². The summed E-state index contributed by atoms with van der Waals surface area (Å²) in [7, 11) is 0. The van der Waals surface area contributed by atoms with Crippen LogP contribution in [0.4, 0.5) is 0 Å². The van der Waals surface area contributed by atoms with E-state index in [2.05, 4.69) is 54.2 Å². The highest BCUT2D eigenvalue weighted by Crippen LogP contribution is 2.26. The standard InChI is InChI=1S/C16H23NOS2/c1-12(2)14(7-8-18)17-15(16-6-4-10-20-16)11-13-5-3-9-19-13/h3-6,9-10,12,14-15,17-18H,7-8,11H2,1-2H3. The summed E-state index contributed by atoms with van der Waals surface area (Å²) in [5.74, 6) is 0.521. The van der Waals surface area contributed by atoms with Crippen LogP contribution in [0.1, 0.15) is 36.1 Å². The third-order valence-electron chi connectivity index (χ3n) is 3.53. The molecule has 2 N–H and O–H groups in total. The summed E-state index contributed by atoms with van der Waals surface area (Å²) in [6, 6.07) is 9.31. The van der Waals surface area contributed by atoms with Crippen molar-refractivity contribution in [2.24, 2.45) is 5.92 Å². The summed E-state index contributed by atoms with van der Waals surface area (Å²) < 4.78 is 0. The topological polar surface area (TPSA) is 32.3 Å². The Kier molecular flexibility index (Phi) is 6.23. The smallest absolute Gasteiger partial charge is 0.0465 e. The molecule has 2 unspecified atom stereocenters. The van der Waals surface area contributed by atoms with Gasteiger partial charge in [-0.05, 0) is 35.2 Å². The zero-order valence-electron chi connectivity index (χ0n) is 12.1. The van der Waals surface area contributed by atoms with E-state index in [0.29, 0.717) is 18.0 Å². The first-order chi connectivity index (χ1) is 9.70. The number of rotatable bonds is 8. The van der Waals surface area contributed by atoms with Gasteiger partial charge in [0, 0.05) is 34.9 Å². The first-order valence-corrected chi connectivity index (χ1v) is 8.89. The summed E-state index contributed by atoms with van der Waals surface area (Å²) in [5.41, 5.74) is 0. The van der Waals surface area contributed by atoms with Crippen LogP contribution in [0.25, 0.3) is 0 Å². The highest BCUT2D eigenvalue weighted by Gasteiger charge is 2.20. The molecule has 0 fully saturated rings. The van der Waals surface area contributed by atoms with Crippen molar-refractivity contribution in [3.8, 4) is 0 Å². The summed E-state index contributed by atoms with van der Waals surface area (Å²) in [4.78, 5) is 2.78. The third-order valence-corrected chi connectivity index (χ3v) is 5.42. The molecule has 0 aliphatic carbocycles. The van der Waals surface area contributed by atoms with Crippen LogP contribution in [0, 0.1) is 5.92 Å². The molecular formula is C16H23NOS2. The first-order valence-electron chi connectivity index (χ1n) is 7.13. The number of hydrogen-bond donors (Lipinski definition) is 2. The number of thiophene rings is 2. The lowest BCUT2D eigenvalue weighted by atomic mass is 9.99. The fourth-order valence-corrected chi connectivity index (χ4v) is 3.91. The molecule has 0 bridgehead atoms. The van der Waals surface area contributed by atoms with Crippen LogP contribution >= 0.6 is 22.7 Å². The average Bonchev–Trinajstić information content (AvgIpc) is 3.10. The number of aliphatic hydroxyl groups excluding tert-OH is 1. The van der Waals surface area contributed by atoms with Gasteiger partial charge in [-0.1, -0.05) is 26.0 Å². The Labute approximate surface area is 129 Å². The van der Waals surface area contributed by atoms with Crippen LogP contribution in [0.2, 0.25) is 0 Å². The quantitative estimate of drug-likeness (QED) is 0.770. The van der Waals surface area contributed by atoms with E-state index in [1.165, 1.54) is 9.75 Å². The van der Waals surface area contributed by atoms with Gasteiger partial charge < -0.3 is 10.4 Å². The highest BCUT2D eigenvalue weighted by atomic mass is 32.1. The van der Waals surface area contributed by atoms with Crippen LogP contribution in [0.3, 0.4) is 0 Å². The predicted octanol–water partition coefficient (Wildman–Crippen LogP) is 4.09. The van der Waals surface area contributed by atoms with Crippen LogP contribution < -0.4 is 5.32 Å². The Morgan fingerprint density at radius 3 is 2.45 bits per heavy atom. The van der Waals surface area contributed by atoms with E-state index in [1.54, 1.807) is 11.3 Å². The second-order valence-corrected chi connectivity index (χ2v) is 7.39. The predicted molar refractivity (Wildman–Crippen MR) is 88.5 cm³/mol. The summed E-state index contributed by atoms with van der Waals surface area (Å²) >= 11 is 3.62. The van der Waals surface area contributed by atoms with Crippen molar-refractivity contribution in [2.75, 3.05) is 6.61 Å². The van der Waals surface area contributed by atoms with Crippen LogP contribution in [-0.2, 0) is 6.42 Å². The molecule has 4 heteroatoms. The lowest BCUT2D eigenvalue weighted by Crippen LogP contribution is -2.38. The molecule has 0 aliphatic heterocycles. The summed E-state index contributed by atoms with van der Waals surface area (Å²) in [6.45, 7) is 4.67. The Balaban J connectivity index is 2.09. The van der Waals surface area contributed by atoms with Gasteiger partial charge in [-0.2, -0.15) is 0 Å². The molecular weight excluding hydrogens is 286 g/mol. The van der Waals surface area contributed by atoms with E-state index in [-0.39, 0.29) is 6.61 Å². The molecule has 2 atom stereocenters. The van der Waals surface area contributed by atoms with Crippen LogP contribution in [0.5, 0.6) is 0 Å². The van der Waals surface area contributed by atoms with Gasteiger partial charge in [0.2, 0.25) is 0 Å². The molecule has 0 spiro atoms. The van der Waals surface area contributed by atoms with Gasteiger partial charge in [-0.15, -0.1) is 22.7 Å². The average molecular weight is 310 g/mol. The molecule has 2 aromatic heterocycles. The first kappa shape index (κ1) is 15.7. The normalized spacial score (nSPS) is 14.6. The van der Waals surface area contributed by atoms with E-state index in [4.69, 9.17) is 0 Å². The zero-order chi connectivity index (χ0) is 14.4. The minimum absolute atomic E-state index is 0.242. The summed E-state index contributed by atoms with van der Waals surface area (Å²) in [6.07, 6.45) is 1.83. The fraction of sp³-hybridized carbons (Fsp3) is 0.500. The number of nitrogens with one attached hydrogen (secondary N) is 1. The van der Waals surface area contributed by atoms with E-state index >= 15 is 0 Å². The van der Waals surface area contributed by atoms with Crippen molar-refractivity contribution in [3.05, 3.63) is 44.8 Å². The zero-order valence-corrected chi connectivity index (χ0v) is 13.7. The molecule has 2 nitrogen and oxygen atoms in total.